The van der Waals surface area contributed by atoms with Crippen molar-refractivity contribution in [3.8, 4) is 5.75 Å². The molecule has 0 unspecified atom stereocenters. The maximum Gasteiger partial charge on any atom is 0.573 e. The summed E-state index contributed by atoms with van der Waals surface area (Å²) in [7, 11) is 0. The number of rotatable bonds is 9. The van der Waals surface area contributed by atoms with Gasteiger partial charge in [-0.1, -0.05) is 12.1 Å². The van der Waals surface area contributed by atoms with Crippen LogP contribution in [0.15, 0.2) is 42.6 Å². The number of benzene rings is 1. The fourth-order valence-corrected chi connectivity index (χ4v) is 2.60. The number of nitrogens with zero attached hydrogens (tertiary/aromatic N) is 2. The summed E-state index contributed by atoms with van der Waals surface area (Å²) in [5.74, 6) is 0.284. The number of halogens is 6. The summed E-state index contributed by atoms with van der Waals surface area (Å²) in [5.41, 5.74) is 1.42. The van der Waals surface area contributed by atoms with Crippen molar-refractivity contribution < 1.29 is 31.1 Å². The Balaban J connectivity index is 1.86. The van der Waals surface area contributed by atoms with Crippen molar-refractivity contribution in [2.75, 3.05) is 23.3 Å². The van der Waals surface area contributed by atoms with Crippen molar-refractivity contribution in [3.63, 3.8) is 0 Å². The number of pyridine rings is 1. The standard InChI is InChI=1S/C19H21F6N3O/c1-2-28(11-3-10-18(20,21)22)17-9-6-15(13-27-17)26-12-14-4-7-16(8-5-14)29-19(23,24)25/h4-9,13,26H,2-3,10-12H2,1H3. The fourth-order valence-electron chi connectivity index (χ4n) is 2.60. The molecule has 0 bridgehead atoms. The third-order valence-electron chi connectivity index (χ3n) is 4.00. The van der Waals surface area contributed by atoms with Crippen molar-refractivity contribution >= 4 is 11.5 Å². The molecule has 0 saturated heterocycles. The van der Waals surface area contributed by atoms with Gasteiger partial charge in [0.05, 0.1) is 11.9 Å². The molecule has 1 aromatic heterocycles. The van der Waals surface area contributed by atoms with Crippen LogP contribution in [-0.4, -0.2) is 30.6 Å². The molecule has 0 radical (unpaired) electrons. The molecule has 29 heavy (non-hydrogen) atoms. The highest BCUT2D eigenvalue weighted by molar-refractivity contribution is 5.49. The normalized spacial score (nSPS) is 12.0. The molecule has 160 valence electrons. The maximum absolute atomic E-state index is 12.3. The number of hydrogen-bond acceptors (Lipinski definition) is 4. The average Bonchev–Trinajstić information content (AvgIpc) is 2.63. The van der Waals surface area contributed by atoms with Crippen molar-refractivity contribution in [1.29, 1.82) is 0 Å². The van der Waals surface area contributed by atoms with E-state index >= 15 is 0 Å². The second-order valence-corrected chi connectivity index (χ2v) is 6.25. The molecule has 10 heteroatoms. The largest absolute Gasteiger partial charge is 0.573 e. The number of anilines is 2. The highest BCUT2D eigenvalue weighted by atomic mass is 19.4. The van der Waals surface area contributed by atoms with Crippen LogP contribution in [0.1, 0.15) is 25.3 Å². The number of ether oxygens (including phenoxy) is 1. The molecule has 1 heterocycles. The number of hydrogen-bond donors (Lipinski definition) is 1. The molecular formula is C19H21F6N3O. The Morgan fingerprint density at radius 2 is 1.69 bits per heavy atom. The number of nitrogens with one attached hydrogen (secondary N) is 1. The summed E-state index contributed by atoms with van der Waals surface area (Å²) >= 11 is 0. The lowest BCUT2D eigenvalue weighted by atomic mass is 10.2. The van der Waals surface area contributed by atoms with E-state index < -0.39 is 19.0 Å². The topological polar surface area (TPSA) is 37.4 Å². The molecule has 0 atom stereocenters. The molecular weight excluding hydrogens is 400 g/mol. The first-order chi connectivity index (χ1) is 13.6. The van der Waals surface area contributed by atoms with Crippen molar-refractivity contribution in [3.05, 3.63) is 48.2 Å². The third-order valence-corrected chi connectivity index (χ3v) is 4.00. The van der Waals surface area contributed by atoms with Gasteiger partial charge in [0.25, 0.3) is 0 Å². The second kappa shape index (κ2) is 9.71. The van der Waals surface area contributed by atoms with Gasteiger partial charge in [0.15, 0.2) is 0 Å². The van der Waals surface area contributed by atoms with Gasteiger partial charge in [-0.2, -0.15) is 13.2 Å². The molecule has 0 aliphatic carbocycles. The average molecular weight is 421 g/mol. The van der Waals surface area contributed by atoms with E-state index in [1.807, 2.05) is 6.92 Å². The summed E-state index contributed by atoms with van der Waals surface area (Å²) in [6.07, 6.45) is -8.18. The van der Waals surface area contributed by atoms with Crippen molar-refractivity contribution in [2.24, 2.45) is 0 Å². The van der Waals surface area contributed by atoms with E-state index in [-0.39, 0.29) is 18.7 Å². The lowest BCUT2D eigenvalue weighted by Gasteiger charge is -2.22. The molecule has 4 nitrogen and oxygen atoms in total. The Morgan fingerprint density at radius 3 is 2.21 bits per heavy atom. The Hall–Kier alpha value is -2.65. The Bertz CT molecular complexity index is 745. The minimum Gasteiger partial charge on any atom is -0.406 e. The minimum absolute atomic E-state index is 0.00688. The lowest BCUT2D eigenvalue weighted by molar-refractivity contribution is -0.274. The van der Waals surface area contributed by atoms with Gasteiger partial charge in [-0.25, -0.2) is 4.98 Å². The van der Waals surface area contributed by atoms with Gasteiger partial charge >= 0.3 is 12.5 Å². The zero-order chi connectivity index (χ0) is 21.5. The van der Waals surface area contributed by atoms with Crippen molar-refractivity contribution in [2.45, 2.75) is 38.8 Å². The molecule has 0 saturated carbocycles. The summed E-state index contributed by atoms with van der Waals surface area (Å²) < 4.78 is 77.1. The second-order valence-electron chi connectivity index (χ2n) is 6.25. The highest BCUT2D eigenvalue weighted by Crippen LogP contribution is 2.24. The van der Waals surface area contributed by atoms with E-state index in [0.717, 1.165) is 5.56 Å². The van der Waals surface area contributed by atoms with Crippen LogP contribution >= 0.6 is 0 Å². The highest BCUT2D eigenvalue weighted by Gasteiger charge is 2.31. The lowest BCUT2D eigenvalue weighted by Crippen LogP contribution is -2.26. The Morgan fingerprint density at radius 1 is 1.00 bits per heavy atom. The van der Waals surface area contributed by atoms with E-state index in [1.165, 1.54) is 24.3 Å². The smallest absolute Gasteiger partial charge is 0.406 e. The fraction of sp³-hybridized carbons (Fsp3) is 0.421. The molecule has 1 aromatic carbocycles. The predicted octanol–water partition coefficient (Wildman–Crippen LogP) is 5.76. The predicted molar refractivity (Wildman–Crippen MR) is 97.9 cm³/mol. The summed E-state index contributed by atoms with van der Waals surface area (Å²) in [6.45, 7) is 2.98. The quantitative estimate of drug-likeness (QED) is 0.523. The Labute approximate surface area is 164 Å². The maximum atomic E-state index is 12.3. The molecule has 2 aromatic rings. The molecule has 0 aliphatic rings. The zero-order valence-corrected chi connectivity index (χ0v) is 15.6. The van der Waals surface area contributed by atoms with E-state index in [4.69, 9.17) is 0 Å². The molecule has 0 aliphatic heterocycles. The summed E-state index contributed by atoms with van der Waals surface area (Å²) in [6, 6.07) is 8.93. The number of alkyl halides is 6. The molecule has 1 N–H and O–H groups in total. The summed E-state index contributed by atoms with van der Waals surface area (Å²) in [5, 5.41) is 3.08. The van der Waals surface area contributed by atoms with Gasteiger partial charge in [-0.05, 0) is 43.2 Å². The van der Waals surface area contributed by atoms with Gasteiger partial charge in [-0.3, -0.25) is 0 Å². The minimum atomic E-state index is -4.73. The van der Waals surface area contributed by atoms with Crippen LogP contribution in [0.5, 0.6) is 5.75 Å². The molecule has 0 fully saturated rings. The van der Waals surface area contributed by atoms with Crippen LogP contribution in [0, 0.1) is 0 Å². The summed E-state index contributed by atoms with van der Waals surface area (Å²) in [4.78, 5) is 6.03. The first-order valence-corrected chi connectivity index (χ1v) is 8.92. The van der Waals surface area contributed by atoms with Gasteiger partial charge in [0.2, 0.25) is 0 Å². The third kappa shape index (κ3) is 8.49. The van der Waals surface area contributed by atoms with E-state index in [0.29, 0.717) is 24.6 Å². The molecule has 2 rings (SSSR count). The van der Waals surface area contributed by atoms with E-state index in [2.05, 4.69) is 15.0 Å². The molecule has 0 amide bonds. The van der Waals surface area contributed by atoms with Crippen LogP contribution in [0.25, 0.3) is 0 Å². The number of aromatic nitrogens is 1. The zero-order valence-electron chi connectivity index (χ0n) is 15.6. The monoisotopic (exact) mass is 421 g/mol. The van der Waals surface area contributed by atoms with Crippen molar-refractivity contribution in [1.82, 2.24) is 4.98 Å². The van der Waals surface area contributed by atoms with Gasteiger partial charge in [0, 0.05) is 26.1 Å². The van der Waals surface area contributed by atoms with E-state index in [9.17, 15) is 26.3 Å². The van der Waals surface area contributed by atoms with Gasteiger partial charge < -0.3 is 15.0 Å². The van der Waals surface area contributed by atoms with Crippen LogP contribution < -0.4 is 15.0 Å². The van der Waals surface area contributed by atoms with Crippen LogP contribution in [0.3, 0.4) is 0 Å². The molecule has 0 spiro atoms. The first-order valence-electron chi connectivity index (χ1n) is 8.92. The van der Waals surface area contributed by atoms with Gasteiger partial charge in [-0.15, -0.1) is 13.2 Å². The first kappa shape index (κ1) is 22.6. The van der Waals surface area contributed by atoms with Gasteiger partial charge in [0.1, 0.15) is 11.6 Å². The van der Waals surface area contributed by atoms with Crippen LogP contribution in [-0.2, 0) is 6.54 Å². The SMILES string of the molecule is CCN(CCCC(F)(F)F)c1ccc(NCc2ccc(OC(F)(F)F)cc2)cn1. The van der Waals surface area contributed by atoms with Crippen LogP contribution in [0.4, 0.5) is 37.8 Å². The Kier molecular flexibility index (Phi) is 7.58. The van der Waals surface area contributed by atoms with E-state index in [1.54, 1.807) is 23.2 Å². The van der Waals surface area contributed by atoms with Crippen LogP contribution in [0.2, 0.25) is 0 Å².